The number of benzene rings is 1. The zero-order valence-corrected chi connectivity index (χ0v) is 18.1. The number of aromatic nitrogens is 3. The molecule has 164 valence electrons. The van der Waals surface area contributed by atoms with Crippen LogP contribution >= 0.6 is 0 Å². The van der Waals surface area contributed by atoms with Crippen molar-refractivity contribution in [3.05, 3.63) is 72.3 Å². The number of amides is 1. The number of fused-ring (bicyclic) bond motifs is 2. The van der Waals surface area contributed by atoms with E-state index in [1.165, 1.54) is 24.5 Å². The molecular weight excluding hydrogens is 402 g/mol. The summed E-state index contributed by atoms with van der Waals surface area (Å²) in [5.74, 6) is -0.177. The molecule has 1 N–H and O–H groups in total. The highest BCUT2D eigenvalue weighted by atomic mass is 16.5. The van der Waals surface area contributed by atoms with Gasteiger partial charge in [-0.1, -0.05) is 12.1 Å². The molecule has 2 fully saturated rings. The molecule has 5 rings (SSSR count). The maximum Gasteiger partial charge on any atom is 0.248 e. The van der Waals surface area contributed by atoms with Crippen molar-refractivity contribution < 1.29 is 9.53 Å². The number of carbonyl (C=O) groups is 1. The van der Waals surface area contributed by atoms with E-state index in [0.717, 1.165) is 42.0 Å². The van der Waals surface area contributed by atoms with Gasteiger partial charge in [-0.05, 0) is 48.2 Å². The lowest BCUT2D eigenvalue weighted by Gasteiger charge is -2.32. The van der Waals surface area contributed by atoms with Crippen molar-refractivity contribution in [3.63, 3.8) is 0 Å². The number of hydrogen-bond donors (Lipinski definition) is 1. The Morgan fingerprint density at radius 1 is 1.16 bits per heavy atom. The first-order chi connectivity index (χ1) is 15.6. The Kier molecular flexibility index (Phi) is 5.83. The Bertz CT molecular complexity index is 1110. The van der Waals surface area contributed by atoms with E-state index in [9.17, 15) is 4.79 Å². The van der Waals surface area contributed by atoms with E-state index in [4.69, 9.17) is 4.74 Å². The van der Waals surface area contributed by atoms with Crippen molar-refractivity contribution in [2.45, 2.75) is 31.6 Å². The lowest BCUT2D eigenvalue weighted by Crippen LogP contribution is -2.41. The SMILES string of the molecule is Cn1cc(-c2ccncc2/C=C/C(=O)Nc2ccc(CN3CC4CCC(C3)O4)cc2)cn1. The summed E-state index contributed by atoms with van der Waals surface area (Å²) in [6.07, 6.45) is 13.7. The Hall–Kier alpha value is -3.29. The molecule has 2 bridgehead atoms. The smallest absolute Gasteiger partial charge is 0.248 e. The Balaban J connectivity index is 1.19. The number of hydrogen-bond acceptors (Lipinski definition) is 5. The highest BCUT2D eigenvalue weighted by Gasteiger charge is 2.33. The van der Waals surface area contributed by atoms with Crippen LogP contribution in [0.4, 0.5) is 5.69 Å². The number of aryl methyl sites for hydroxylation is 1. The molecule has 1 aromatic carbocycles. The van der Waals surface area contributed by atoms with Gasteiger partial charge < -0.3 is 10.1 Å². The minimum Gasteiger partial charge on any atom is -0.372 e. The molecular formula is C25H27N5O2. The number of rotatable bonds is 6. The number of anilines is 1. The fourth-order valence-corrected chi connectivity index (χ4v) is 4.49. The van der Waals surface area contributed by atoms with E-state index in [1.807, 2.05) is 31.4 Å². The summed E-state index contributed by atoms with van der Waals surface area (Å²) in [5, 5.41) is 7.16. The van der Waals surface area contributed by atoms with Crippen LogP contribution in [0.3, 0.4) is 0 Å². The monoisotopic (exact) mass is 429 g/mol. The molecule has 0 radical (unpaired) electrons. The van der Waals surface area contributed by atoms with Crippen molar-refractivity contribution in [1.29, 1.82) is 0 Å². The molecule has 0 aliphatic carbocycles. The standard InChI is InChI=1S/C25H27N5O2/c1-29-15-20(13-27-29)24-10-11-26-12-19(24)4-9-25(31)28-21-5-2-18(3-6-21)14-30-16-22-7-8-23(17-30)32-22/h2-6,9-13,15,22-23H,7-8,14,16-17H2,1H3,(H,28,31)/b9-4+. The molecule has 0 saturated carbocycles. The predicted octanol–water partition coefficient (Wildman–Crippen LogP) is 3.50. The molecule has 2 aliphatic rings. The average Bonchev–Trinajstić information content (AvgIpc) is 3.38. The summed E-state index contributed by atoms with van der Waals surface area (Å²) in [6, 6.07) is 10.0. The molecule has 7 nitrogen and oxygen atoms in total. The first-order valence-corrected chi connectivity index (χ1v) is 11.0. The van der Waals surface area contributed by atoms with Gasteiger partial charge in [-0.3, -0.25) is 19.4 Å². The number of pyridine rings is 1. The first-order valence-electron chi connectivity index (χ1n) is 11.0. The third kappa shape index (κ3) is 4.79. The summed E-state index contributed by atoms with van der Waals surface area (Å²) in [7, 11) is 1.88. The highest BCUT2D eigenvalue weighted by Crippen LogP contribution is 2.27. The van der Waals surface area contributed by atoms with Crippen LogP contribution in [0.15, 0.2) is 61.2 Å². The van der Waals surface area contributed by atoms with E-state index in [1.54, 1.807) is 29.3 Å². The summed E-state index contributed by atoms with van der Waals surface area (Å²) in [4.78, 5) is 19.1. The number of morpholine rings is 1. The number of ether oxygens (including phenoxy) is 1. The minimum absolute atomic E-state index is 0.177. The van der Waals surface area contributed by atoms with E-state index >= 15 is 0 Å². The molecule has 4 heterocycles. The van der Waals surface area contributed by atoms with Crippen LogP contribution in [0, 0.1) is 0 Å². The maximum atomic E-state index is 12.5. The number of likely N-dealkylation sites (tertiary alicyclic amines) is 1. The second-order valence-corrected chi connectivity index (χ2v) is 8.54. The quantitative estimate of drug-likeness (QED) is 0.608. The van der Waals surface area contributed by atoms with Gasteiger partial charge in [0.2, 0.25) is 5.91 Å². The van der Waals surface area contributed by atoms with Crippen LogP contribution in [0.25, 0.3) is 17.2 Å². The van der Waals surface area contributed by atoms with Crippen LogP contribution in [-0.4, -0.2) is 50.9 Å². The van der Waals surface area contributed by atoms with E-state index < -0.39 is 0 Å². The topological polar surface area (TPSA) is 72.3 Å². The molecule has 7 heteroatoms. The Labute approximate surface area is 187 Å². The minimum atomic E-state index is -0.177. The molecule has 2 unspecified atom stereocenters. The van der Waals surface area contributed by atoms with Crippen LogP contribution in [0.5, 0.6) is 0 Å². The molecule has 1 amide bonds. The van der Waals surface area contributed by atoms with Gasteiger partial charge in [0.25, 0.3) is 0 Å². The molecule has 0 spiro atoms. The average molecular weight is 430 g/mol. The van der Waals surface area contributed by atoms with Gasteiger partial charge in [-0.25, -0.2) is 0 Å². The molecule has 3 aromatic rings. The van der Waals surface area contributed by atoms with Gasteiger partial charge in [-0.15, -0.1) is 0 Å². The molecule has 2 saturated heterocycles. The van der Waals surface area contributed by atoms with Crippen molar-refractivity contribution >= 4 is 17.7 Å². The lowest BCUT2D eigenvalue weighted by atomic mass is 10.0. The second kappa shape index (κ2) is 9.06. The third-order valence-corrected chi connectivity index (χ3v) is 6.03. The fourth-order valence-electron chi connectivity index (χ4n) is 4.49. The van der Waals surface area contributed by atoms with E-state index in [-0.39, 0.29) is 5.91 Å². The van der Waals surface area contributed by atoms with Gasteiger partial charge in [0.1, 0.15) is 0 Å². The van der Waals surface area contributed by atoms with Gasteiger partial charge in [-0.2, -0.15) is 5.10 Å². The molecule has 2 atom stereocenters. The third-order valence-electron chi connectivity index (χ3n) is 6.03. The first kappa shape index (κ1) is 20.6. The van der Waals surface area contributed by atoms with Crippen LogP contribution in [-0.2, 0) is 23.1 Å². The van der Waals surface area contributed by atoms with Crippen molar-refractivity contribution in [2.75, 3.05) is 18.4 Å². The maximum absolute atomic E-state index is 12.5. The summed E-state index contributed by atoms with van der Waals surface area (Å²) >= 11 is 0. The summed E-state index contributed by atoms with van der Waals surface area (Å²) in [6.45, 7) is 2.94. The number of nitrogens with zero attached hydrogens (tertiary/aromatic N) is 4. The summed E-state index contributed by atoms with van der Waals surface area (Å²) in [5.41, 5.74) is 4.86. The lowest BCUT2D eigenvalue weighted by molar-refractivity contribution is -0.111. The van der Waals surface area contributed by atoms with E-state index in [2.05, 4.69) is 32.4 Å². The highest BCUT2D eigenvalue weighted by molar-refractivity contribution is 6.02. The Morgan fingerprint density at radius 3 is 2.66 bits per heavy atom. The molecule has 2 aromatic heterocycles. The van der Waals surface area contributed by atoms with Gasteiger partial charge in [0.05, 0.1) is 18.4 Å². The van der Waals surface area contributed by atoms with Gasteiger partial charge >= 0.3 is 0 Å². The molecule has 32 heavy (non-hydrogen) atoms. The van der Waals surface area contributed by atoms with Crippen LogP contribution < -0.4 is 5.32 Å². The van der Waals surface area contributed by atoms with Crippen molar-refractivity contribution in [1.82, 2.24) is 19.7 Å². The zero-order valence-electron chi connectivity index (χ0n) is 18.1. The zero-order chi connectivity index (χ0) is 21.9. The van der Waals surface area contributed by atoms with Gasteiger partial charge in [0.15, 0.2) is 0 Å². The normalized spacial score (nSPS) is 20.7. The largest absolute Gasteiger partial charge is 0.372 e. The van der Waals surface area contributed by atoms with Gasteiger partial charge in [0, 0.05) is 68.2 Å². The number of nitrogens with one attached hydrogen (secondary N) is 1. The predicted molar refractivity (Wildman–Crippen MR) is 124 cm³/mol. The van der Waals surface area contributed by atoms with Crippen LogP contribution in [0.1, 0.15) is 24.0 Å². The Morgan fingerprint density at radius 2 is 1.94 bits per heavy atom. The van der Waals surface area contributed by atoms with Crippen LogP contribution in [0.2, 0.25) is 0 Å². The van der Waals surface area contributed by atoms with Crippen molar-refractivity contribution in [2.24, 2.45) is 7.05 Å². The number of carbonyl (C=O) groups excluding carboxylic acids is 1. The second-order valence-electron chi connectivity index (χ2n) is 8.54. The summed E-state index contributed by atoms with van der Waals surface area (Å²) < 4.78 is 7.67. The molecule has 2 aliphatic heterocycles. The van der Waals surface area contributed by atoms with E-state index in [0.29, 0.717) is 12.2 Å². The fraction of sp³-hybridized carbons (Fsp3) is 0.320. The van der Waals surface area contributed by atoms with Crippen molar-refractivity contribution in [3.8, 4) is 11.1 Å².